The summed E-state index contributed by atoms with van der Waals surface area (Å²) in [5.74, 6) is 1.71. The quantitative estimate of drug-likeness (QED) is 0.663. The Morgan fingerprint density at radius 3 is 2.76 bits per heavy atom. The highest BCUT2D eigenvalue weighted by Crippen LogP contribution is 2.31. The Bertz CT molecular complexity index is 1000. The number of hydrogen-bond acceptors (Lipinski definition) is 6. The van der Waals surface area contributed by atoms with Crippen molar-refractivity contribution in [2.75, 3.05) is 20.2 Å². The van der Waals surface area contributed by atoms with Gasteiger partial charge in [-0.2, -0.15) is 5.10 Å². The van der Waals surface area contributed by atoms with Crippen LogP contribution >= 0.6 is 0 Å². The van der Waals surface area contributed by atoms with Crippen molar-refractivity contribution in [2.45, 2.75) is 18.8 Å². The molecule has 4 rings (SSSR count). The predicted molar refractivity (Wildman–Crippen MR) is 106 cm³/mol. The molecule has 0 N–H and O–H groups in total. The first-order chi connectivity index (χ1) is 14.2. The van der Waals surface area contributed by atoms with Crippen molar-refractivity contribution in [3.05, 3.63) is 60.3 Å². The fourth-order valence-corrected chi connectivity index (χ4v) is 3.57. The molecular weight excluding hydrogens is 370 g/mol. The fourth-order valence-electron chi connectivity index (χ4n) is 3.57. The first-order valence-electron chi connectivity index (χ1n) is 9.56. The van der Waals surface area contributed by atoms with Crippen molar-refractivity contribution in [1.82, 2.24) is 24.6 Å². The van der Waals surface area contributed by atoms with Gasteiger partial charge in [-0.05, 0) is 31.0 Å². The van der Waals surface area contributed by atoms with Gasteiger partial charge in [-0.1, -0.05) is 12.1 Å². The highest BCUT2D eigenvalue weighted by atomic mass is 16.5. The third-order valence-corrected chi connectivity index (χ3v) is 5.08. The van der Waals surface area contributed by atoms with E-state index in [4.69, 9.17) is 9.47 Å². The number of methoxy groups -OCH3 is 1. The molecule has 3 heterocycles. The summed E-state index contributed by atoms with van der Waals surface area (Å²) >= 11 is 0. The lowest BCUT2D eigenvalue weighted by Gasteiger charge is -2.32. The molecule has 8 heteroatoms. The number of carbonyl (C=O) groups is 1. The van der Waals surface area contributed by atoms with Crippen LogP contribution in [-0.4, -0.2) is 50.8 Å². The van der Waals surface area contributed by atoms with Crippen LogP contribution in [0.1, 0.15) is 34.9 Å². The summed E-state index contributed by atoms with van der Waals surface area (Å²) < 4.78 is 12.8. The Hall–Kier alpha value is -3.42. The average Bonchev–Trinajstić information content (AvgIpc) is 3.20. The summed E-state index contributed by atoms with van der Waals surface area (Å²) in [6.45, 7) is 1.32. The van der Waals surface area contributed by atoms with Gasteiger partial charge in [0.25, 0.3) is 5.91 Å². The summed E-state index contributed by atoms with van der Waals surface area (Å²) in [4.78, 5) is 23.6. The number of piperidine rings is 1. The summed E-state index contributed by atoms with van der Waals surface area (Å²) in [6, 6.07) is 9.15. The number of aromatic nitrogens is 4. The van der Waals surface area contributed by atoms with E-state index in [1.807, 2.05) is 29.2 Å². The lowest BCUT2D eigenvalue weighted by atomic mass is 9.95. The Morgan fingerprint density at radius 1 is 1.17 bits per heavy atom. The van der Waals surface area contributed by atoms with Crippen LogP contribution in [0.5, 0.6) is 17.4 Å². The summed E-state index contributed by atoms with van der Waals surface area (Å²) in [5.41, 5.74) is 1.41. The number of rotatable bonds is 5. The van der Waals surface area contributed by atoms with E-state index in [-0.39, 0.29) is 11.8 Å². The molecule has 2 aromatic heterocycles. The standard InChI is InChI=1S/C21H23N5O3/c1-25-17(9-10-23-25)21(27)26-11-5-6-15(14-26)16-12-22-13-20(24-16)29-19-8-4-3-7-18(19)28-2/h3-4,7-10,12-13,15H,5-6,11,14H2,1-2H3/t15-/m0/s1. The molecule has 1 fully saturated rings. The largest absolute Gasteiger partial charge is 0.493 e. The maximum absolute atomic E-state index is 12.8. The smallest absolute Gasteiger partial charge is 0.272 e. The second-order valence-corrected chi connectivity index (χ2v) is 6.97. The summed E-state index contributed by atoms with van der Waals surface area (Å²) in [5, 5.41) is 4.10. The molecule has 1 aliphatic heterocycles. The predicted octanol–water partition coefficient (Wildman–Crippen LogP) is 3.03. The van der Waals surface area contributed by atoms with Gasteiger partial charge in [0, 0.05) is 38.4 Å². The second-order valence-electron chi connectivity index (χ2n) is 6.97. The Balaban J connectivity index is 1.50. The fraction of sp³-hybridized carbons (Fsp3) is 0.333. The number of aryl methyl sites for hydroxylation is 1. The van der Waals surface area contributed by atoms with Crippen molar-refractivity contribution in [3.63, 3.8) is 0 Å². The van der Waals surface area contributed by atoms with E-state index in [9.17, 15) is 4.79 Å². The van der Waals surface area contributed by atoms with Crippen LogP contribution in [0, 0.1) is 0 Å². The van der Waals surface area contributed by atoms with E-state index in [0.29, 0.717) is 29.6 Å². The first-order valence-corrected chi connectivity index (χ1v) is 9.56. The van der Waals surface area contributed by atoms with Crippen LogP contribution < -0.4 is 9.47 Å². The van der Waals surface area contributed by atoms with Crippen molar-refractivity contribution < 1.29 is 14.3 Å². The van der Waals surface area contributed by atoms with Gasteiger partial charge < -0.3 is 14.4 Å². The summed E-state index contributed by atoms with van der Waals surface area (Å²) in [6.07, 6.45) is 6.82. The molecule has 0 unspecified atom stereocenters. The normalized spacial score (nSPS) is 16.5. The number of ether oxygens (including phenoxy) is 2. The van der Waals surface area contributed by atoms with Crippen LogP contribution in [0.3, 0.4) is 0 Å². The van der Waals surface area contributed by atoms with E-state index in [1.54, 1.807) is 43.5 Å². The maximum atomic E-state index is 12.8. The Morgan fingerprint density at radius 2 is 2.00 bits per heavy atom. The lowest BCUT2D eigenvalue weighted by molar-refractivity contribution is 0.0694. The number of hydrogen-bond donors (Lipinski definition) is 0. The Labute approximate surface area is 169 Å². The number of benzene rings is 1. The molecule has 1 amide bonds. The van der Waals surface area contributed by atoms with E-state index >= 15 is 0 Å². The van der Waals surface area contributed by atoms with Crippen LogP contribution in [0.25, 0.3) is 0 Å². The molecule has 0 bridgehead atoms. The minimum Gasteiger partial charge on any atom is -0.493 e. The van der Waals surface area contributed by atoms with Gasteiger partial charge in [0.1, 0.15) is 5.69 Å². The molecule has 1 aromatic carbocycles. The van der Waals surface area contributed by atoms with Gasteiger partial charge in [0.05, 0.1) is 19.0 Å². The number of likely N-dealkylation sites (tertiary alicyclic amines) is 1. The monoisotopic (exact) mass is 393 g/mol. The minimum atomic E-state index is -0.0101. The molecule has 150 valence electrons. The van der Waals surface area contributed by atoms with Gasteiger partial charge in [-0.3, -0.25) is 14.5 Å². The number of amides is 1. The van der Waals surface area contributed by atoms with E-state index < -0.39 is 0 Å². The van der Waals surface area contributed by atoms with Crippen LogP contribution in [0.2, 0.25) is 0 Å². The average molecular weight is 393 g/mol. The Kier molecular flexibility index (Phi) is 5.41. The van der Waals surface area contributed by atoms with Gasteiger partial charge in [0.2, 0.25) is 5.88 Å². The molecule has 1 atom stereocenters. The van der Waals surface area contributed by atoms with E-state index in [2.05, 4.69) is 15.1 Å². The van der Waals surface area contributed by atoms with Crippen LogP contribution in [0.4, 0.5) is 0 Å². The zero-order valence-electron chi connectivity index (χ0n) is 16.5. The first kappa shape index (κ1) is 18.9. The van der Waals surface area contributed by atoms with Crippen molar-refractivity contribution in [1.29, 1.82) is 0 Å². The maximum Gasteiger partial charge on any atom is 0.272 e. The van der Waals surface area contributed by atoms with Gasteiger partial charge in [-0.15, -0.1) is 0 Å². The summed E-state index contributed by atoms with van der Waals surface area (Å²) in [7, 11) is 3.37. The SMILES string of the molecule is COc1ccccc1Oc1cncc([C@H]2CCCN(C(=O)c3ccnn3C)C2)n1. The minimum absolute atomic E-state index is 0.0101. The zero-order chi connectivity index (χ0) is 20.2. The third kappa shape index (κ3) is 4.06. The molecule has 0 saturated carbocycles. The number of carbonyl (C=O) groups excluding carboxylic acids is 1. The zero-order valence-corrected chi connectivity index (χ0v) is 16.5. The van der Waals surface area contributed by atoms with Gasteiger partial charge >= 0.3 is 0 Å². The molecule has 29 heavy (non-hydrogen) atoms. The van der Waals surface area contributed by atoms with Crippen LogP contribution in [-0.2, 0) is 7.05 Å². The molecule has 1 saturated heterocycles. The molecule has 0 aliphatic carbocycles. The van der Waals surface area contributed by atoms with E-state index in [1.165, 1.54) is 0 Å². The number of nitrogens with zero attached hydrogens (tertiary/aromatic N) is 5. The van der Waals surface area contributed by atoms with E-state index in [0.717, 1.165) is 25.1 Å². The molecule has 8 nitrogen and oxygen atoms in total. The molecule has 1 aliphatic rings. The number of para-hydroxylation sites is 2. The highest BCUT2D eigenvalue weighted by Gasteiger charge is 2.28. The van der Waals surface area contributed by atoms with Gasteiger partial charge in [0.15, 0.2) is 11.5 Å². The molecule has 0 radical (unpaired) electrons. The van der Waals surface area contributed by atoms with Crippen molar-refractivity contribution >= 4 is 5.91 Å². The van der Waals surface area contributed by atoms with Crippen molar-refractivity contribution in [2.24, 2.45) is 7.05 Å². The van der Waals surface area contributed by atoms with Gasteiger partial charge in [-0.25, -0.2) is 4.98 Å². The lowest BCUT2D eigenvalue weighted by Crippen LogP contribution is -2.40. The molecule has 0 spiro atoms. The topological polar surface area (TPSA) is 82.4 Å². The highest BCUT2D eigenvalue weighted by molar-refractivity contribution is 5.92. The molecule has 3 aromatic rings. The van der Waals surface area contributed by atoms with Crippen molar-refractivity contribution in [3.8, 4) is 17.4 Å². The third-order valence-electron chi connectivity index (χ3n) is 5.08. The second kappa shape index (κ2) is 8.30. The van der Waals surface area contributed by atoms with Crippen LogP contribution in [0.15, 0.2) is 48.9 Å². The molecular formula is C21H23N5O3.